The van der Waals surface area contributed by atoms with E-state index in [0.717, 1.165) is 11.3 Å². The molecule has 0 aromatic carbocycles. The Morgan fingerprint density at radius 2 is 1.92 bits per heavy atom. The molecule has 0 saturated carbocycles. The van der Waals surface area contributed by atoms with Crippen molar-refractivity contribution in [1.82, 2.24) is 15.8 Å². The van der Waals surface area contributed by atoms with Crippen LogP contribution in [0.15, 0.2) is 0 Å². The first-order valence-electron chi connectivity index (χ1n) is 7.55. The SMILES string of the molecule is COC(=O)c1c(NC(=S)NNC(=O)C[C@@H](C)O)sc(C(=O)N(C)C)c1C. The summed E-state index contributed by atoms with van der Waals surface area (Å²) in [5, 5.41) is 12.3. The van der Waals surface area contributed by atoms with Gasteiger partial charge in [-0.15, -0.1) is 11.3 Å². The van der Waals surface area contributed by atoms with E-state index < -0.39 is 18.0 Å². The van der Waals surface area contributed by atoms with Crippen LogP contribution in [-0.4, -0.2) is 60.2 Å². The highest BCUT2D eigenvalue weighted by atomic mass is 32.1. The monoisotopic (exact) mass is 402 g/mol. The van der Waals surface area contributed by atoms with Crippen LogP contribution in [0.2, 0.25) is 0 Å². The van der Waals surface area contributed by atoms with Gasteiger partial charge in [0, 0.05) is 14.1 Å². The van der Waals surface area contributed by atoms with Crippen LogP contribution in [0, 0.1) is 6.92 Å². The number of rotatable bonds is 5. The van der Waals surface area contributed by atoms with Crippen molar-refractivity contribution < 1.29 is 24.2 Å². The average Bonchev–Trinajstić information content (AvgIpc) is 2.86. The lowest BCUT2D eigenvalue weighted by atomic mass is 10.1. The molecule has 0 bridgehead atoms. The lowest BCUT2D eigenvalue weighted by molar-refractivity contribution is -0.123. The Morgan fingerprint density at radius 1 is 1.31 bits per heavy atom. The summed E-state index contributed by atoms with van der Waals surface area (Å²) in [4.78, 5) is 37.6. The van der Waals surface area contributed by atoms with Gasteiger partial charge in [-0.3, -0.25) is 20.4 Å². The van der Waals surface area contributed by atoms with Gasteiger partial charge in [-0.2, -0.15) is 0 Å². The van der Waals surface area contributed by atoms with E-state index in [4.69, 9.17) is 22.1 Å². The highest BCUT2D eigenvalue weighted by molar-refractivity contribution is 7.80. The van der Waals surface area contributed by atoms with Crippen molar-refractivity contribution in [1.29, 1.82) is 0 Å². The van der Waals surface area contributed by atoms with Crippen LogP contribution in [0.3, 0.4) is 0 Å². The lowest BCUT2D eigenvalue weighted by Gasteiger charge is -2.12. The third-order valence-corrected chi connectivity index (χ3v) is 4.56. The van der Waals surface area contributed by atoms with Crippen LogP contribution in [0.1, 0.15) is 38.9 Å². The summed E-state index contributed by atoms with van der Waals surface area (Å²) in [6.45, 7) is 3.13. The Kier molecular flexibility index (Phi) is 7.93. The number of hydrogen-bond acceptors (Lipinski definition) is 7. The van der Waals surface area contributed by atoms with Crippen molar-refractivity contribution in [2.24, 2.45) is 0 Å². The standard InChI is InChI=1S/C15H22N4O5S2/c1-7(20)6-9(21)17-18-15(25)16-12-10(14(23)24-5)8(2)11(26-12)13(22)19(3)4/h7,20H,6H2,1-5H3,(H,17,21)(H2,16,18,25)/t7-/m1/s1. The van der Waals surface area contributed by atoms with Gasteiger partial charge in [-0.1, -0.05) is 0 Å². The molecule has 1 aromatic heterocycles. The number of thiophene rings is 1. The second kappa shape index (κ2) is 9.46. The van der Waals surface area contributed by atoms with Crippen molar-refractivity contribution in [3.63, 3.8) is 0 Å². The molecule has 1 rings (SSSR count). The van der Waals surface area contributed by atoms with Gasteiger partial charge in [-0.25, -0.2) is 4.79 Å². The van der Waals surface area contributed by atoms with Crippen molar-refractivity contribution in [3.05, 3.63) is 16.0 Å². The molecule has 144 valence electrons. The predicted molar refractivity (Wildman–Crippen MR) is 102 cm³/mol. The summed E-state index contributed by atoms with van der Waals surface area (Å²) >= 11 is 6.14. The second-order valence-corrected chi connectivity index (χ2v) is 7.06. The fourth-order valence-electron chi connectivity index (χ4n) is 1.94. The number of hydrogen-bond donors (Lipinski definition) is 4. The van der Waals surface area contributed by atoms with Crippen LogP contribution in [0.25, 0.3) is 0 Å². The molecule has 0 unspecified atom stereocenters. The first kappa shape index (κ1) is 21.8. The van der Waals surface area contributed by atoms with Gasteiger partial charge in [0.1, 0.15) is 5.00 Å². The second-order valence-electron chi connectivity index (χ2n) is 5.63. The average molecular weight is 402 g/mol. The quantitative estimate of drug-likeness (QED) is 0.322. The molecular weight excluding hydrogens is 380 g/mol. The highest BCUT2D eigenvalue weighted by Gasteiger charge is 2.26. The van der Waals surface area contributed by atoms with Gasteiger partial charge in [0.15, 0.2) is 5.11 Å². The van der Waals surface area contributed by atoms with E-state index in [0.29, 0.717) is 15.4 Å². The Hall–Kier alpha value is -2.24. The molecule has 26 heavy (non-hydrogen) atoms. The molecule has 0 aliphatic carbocycles. The van der Waals surface area contributed by atoms with Gasteiger partial charge < -0.3 is 20.1 Å². The van der Waals surface area contributed by atoms with E-state index >= 15 is 0 Å². The zero-order valence-electron chi connectivity index (χ0n) is 15.1. The minimum Gasteiger partial charge on any atom is -0.465 e. The van der Waals surface area contributed by atoms with E-state index in [9.17, 15) is 14.4 Å². The summed E-state index contributed by atoms with van der Waals surface area (Å²) in [6, 6.07) is 0. The summed E-state index contributed by atoms with van der Waals surface area (Å²) in [5.74, 6) is -1.32. The maximum absolute atomic E-state index is 12.3. The molecule has 1 aromatic rings. The molecule has 9 nitrogen and oxygen atoms in total. The summed E-state index contributed by atoms with van der Waals surface area (Å²) in [5.41, 5.74) is 5.46. The van der Waals surface area contributed by atoms with Crippen molar-refractivity contribution >= 4 is 51.5 Å². The smallest absolute Gasteiger partial charge is 0.341 e. The highest BCUT2D eigenvalue weighted by Crippen LogP contribution is 2.34. The van der Waals surface area contributed by atoms with E-state index in [1.54, 1.807) is 21.0 Å². The van der Waals surface area contributed by atoms with Crippen LogP contribution >= 0.6 is 23.6 Å². The van der Waals surface area contributed by atoms with Crippen LogP contribution in [0.5, 0.6) is 0 Å². The predicted octanol–water partition coefficient (Wildman–Crippen LogP) is 0.633. The number of esters is 1. The van der Waals surface area contributed by atoms with Gasteiger partial charge in [0.25, 0.3) is 5.91 Å². The molecule has 4 N–H and O–H groups in total. The lowest BCUT2D eigenvalue weighted by Crippen LogP contribution is -2.44. The number of carbonyl (C=O) groups excluding carboxylic acids is 3. The van der Waals surface area contributed by atoms with Crippen LogP contribution < -0.4 is 16.2 Å². The molecule has 0 spiro atoms. The summed E-state index contributed by atoms with van der Waals surface area (Å²) in [6.07, 6.45) is -0.883. The minimum atomic E-state index is -0.788. The Labute approximate surface area is 160 Å². The Morgan fingerprint density at radius 3 is 2.42 bits per heavy atom. The maximum Gasteiger partial charge on any atom is 0.341 e. The number of carbonyl (C=O) groups is 3. The molecule has 0 aliphatic rings. The largest absolute Gasteiger partial charge is 0.465 e. The topological polar surface area (TPSA) is 120 Å². The molecule has 0 aliphatic heterocycles. The molecule has 1 heterocycles. The van der Waals surface area contributed by atoms with Crippen molar-refractivity contribution in [2.75, 3.05) is 26.5 Å². The number of anilines is 1. The number of methoxy groups -OCH3 is 1. The van der Waals surface area contributed by atoms with E-state index in [1.807, 2.05) is 0 Å². The van der Waals surface area contributed by atoms with Crippen molar-refractivity contribution in [2.45, 2.75) is 26.4 Å². The molecule has 0 radical (unpaired) electrons. The zero-order chi connectivity index (χ0) is 20.0. The summed E-state index contributed by atoms with van der Waals surface area (Å²) in [7, 11) is 4.45. The van der Waals surface area contributed by atoms with E-state index in [-0.39, 0.29) is 23.0 Å². The Balaban J connectivity index is 2.98. The first-order valence-corrected chi connectivity index (χ1v) is 8.78. The third-order valence-electron chi connectivity index (χ3n) is 3.16. The number of nitrogens with zero attached hydrogens (tertiary/aromatic N) is 1. The molecule has 11 heteroatoms. The van der Waals surface area contributed by atoms with Gasteiger partial charge in [-0.05, 0) is 31.6 Å². The third kappa shape index (κ3) is 5.64. The fourth-order valence-corrected chi connectivity index (χ4v) is 3.38. The molecule has 0 saturated heterocycles. The first-order chi connectivity index (χ1) is 12.1. The summed E-state index contributed by atoms with van der Waals surface area (Å²) < 4.78 is 4.78. The van der Waals surface area contributed by atoms with Gasteiger partial charge >= 0.3 is 5.97 Å². The van der Waals surface area contributed by atoms with Gasteiger partial charge in [0.2, 0.25) is 5.91 Å². The molecule has 2 amide bonds. The fraction of sp³-hybridized carbons (Fsp3) is 0.467. The number of thiocarbonyl (C=S) groups is 1. The zero-order valence-corrected chi connectivity index (χ0v) is 16.8. The minimum absolute atomic E-state index is 0.0131. The molecule has 0 fully saturated rings. The molecular formula is C15H22N4O5S2. The number of hydrazine groups is 1. The maximum atomic E-state index is 12.3. The normalized spacial score (nSPS) is 11.3. The van der Waals surface area contributed by atoms with E-state index in [2.05, 4.69) is 16.2 Å². The van der Waals surface area contributed by atoms with Crippen LogP contribution in [0.4, 0.5) is 5.00 Å². The van der Waals surface area contributed by atoms with Crippen molar-refractivity contribution in [3.8, 4) is 0 Å². The van der Waals surface area contributed by atoms with Gasteiger partial charge in [0.05, 0.1) is 30.1 Å². The van der Waals surface area contributed by atoms with E-state index in [1.165, 1.54) is 18.9 Å². The number of amides is 2. The number of aliphatic hydroxyl groups is 1. The Bertz CT molecular complexity index is 715. The number of aliphatic hydroxyl groups excluding tert-OH is 1. The number of ether oxygens (including phenoxy) is 1. The van der Waals surface area contributed by atoms with Crippen LogP contribution in [-0.2, 0) is 9.53 Å². The number of nitrogens with one attached hydrogen (secondary N) is 3. The molecule has 1 atom stereocenters.